The highest BCUT2D eigenvalue weighted by molar-refractivity contribution is 6.03. The van der Waals surface area contributed by atoms with Gasteiger partial charge in [-0.2, -0.15) is 5.10 Å². The van der Waals surface area contributed by atoms with Crippen LogP contribution in [-0.4, -0.2) is 25.3 Å². The van der Waals surface area contributed by atoms with E-state index in [0.717, 1.165) is 15.7 Å². The molecule has 10 nitrogen and oxygen atoms in total. The molecule has 0 bridgehead atoms. The number of nitro groups is 1. The van der Waals surface area contributed by atoms with Crippen molar-refractivity contribution in [2.75, 3.05) is 0 Å². The first-order valence-electron chi connectivity index (χ1n) is 9.11. The molecule has 1 atom stereocenters. The number of hydrazone groups is 1. The molecule has 10 heteroatoms. The Labute approximate surface area is 169 Å². The van der Waals surface area contributed by atoms with Crippen LogP contribution in [0.1, 0.15) is 29.2 Å². The average Bonchev–Trinajstić information content (AvgIpc) is 3.21. The minimum Gasteiger partial charge on any atom is -0.494 e. The SMILES string of the molecule is O=c1[nH]c(=O)n(Cc2ccccc2)c(O)c1C1=NNC(c2ccc([N+](=O)[O-])cc2)C1. The van der Waals surface area contributed by atoms with E-state index in [1.54, 1.807) is 24.3 Å². The summed E-state index contributed by atoms with van der Waals surface area (Å²) in [5.41, 5.74) is 3.13. The maximum absolute atomic E-state index is 12.4. The molecule has 4 rings (SSSR count). The number of aromatic nitrogens is 2. The van der Waals surface area contributed by atoms with Crippen molar-refractivity contribution in [3.8, 4) is 5.88 Å². The fraction of sp³-hybridized carbons (Fsp3) is 0.150. The molecule has 0 aliphatic carbocycles. The molecule has 1 aliphatic heterocycles. The predicted molar refractivity (Wildman–Crippen MR) is 109 cm³/mol. The number of nitro benzene ring substituents is 1. The highest BCUT2D eigenvalue weighted by atomic mass is 16.6. The van der Waals surface area contributed by atoms with Crippen molar-refractivity contribution in [3.05, 3.63) is 102 Å². The monoisotopic (exact) mass is 407 g/mol. The first-order chi connectivity index (χ1) is 14.4. The molecule has 3 aromatic rings. The van der Waals surface area contributed by atoms with Crippen molar-refractivity contribution in [3.63, 3.8) is 0 Å². The van der Waals surface area contributed by atoms with E-state index in [4.69, 9.17) is 0 Å². The molecule has 1 aliphatic rings. The highest BCUT2D eigenvalue weighted by Crippen LogP contribution is 2.27. The van der Waals surface area contributed by atoms with Crippen LogP contribution in [0.15, 0.2) is 69.3 Å². The van der Waals surface area contributed by atoms with Gasteiger partial charge in [0.1, 0.15) is 5.56 Å². The number of nitrogens with zero attached hydrogens (tertiary/aromatic N) is 3. The zero-order valence-electron chi connectivity index (χ0n) is 15.6. The number of hydrogen-bond acceptors (Lipinski definition) is 7. The van der Waals surface area contributed by atoms with Gasteiger partial charge >= 0.3 is 5.69 Å². The van der Waals surface area contributed by atoms with Crippen LogP contribution < -0.4 is 16.7 Å². The normalized spacial score (nSPS) is 15.5. The fourth-order valence-corrected chi connectivity index (χ4v) is 3.35. The number of aromatic amines is 1. The lowest BCUT2D eigenvalue weighted by molar-refractivity contribution is -0.384. The van der Waals surface area contributed by atoms with Gasteiger partial charge in [-0.25, -0.2) is 4.79 Å². The van der Waals surface area contributed by atoms with Gasteiger partial charge in [0, 0.05) is 18.6 Å². The Morgan fingerprint density at radius 1 is 1.13 bits per heavy atom. The molecule has 0 spiro atoms. The minimum atomic E-state index is -0.730. The van der Waals surface area contributed by atoms with E-state index < -0.39 is 22.1 Å². The molecule has 0 radical (unpaired) electrons. The molecule has 1 unspecified atom stereocenters. The molecule has 30 heavy (non-hydrogen) atoms. The van der Waals surface area contributed by atoms with Crippen molar-refractivity contribution in [1.29, 1.82) is 0 Å². The Morgan fingerprint density at radius 3 is 2.50 bits per heavy atom. The van der Waals surface area contributed by atoms with Gasteiger partial charge in [-0.15, -0.1) is 0 Å². The summed E-state index contributed by atoms with van der Waals surface area (Å²) in [6.45, 7) is 0.0851. The van der Waals surface area contributed by atoms with Crippen molar-refractivity contribution < 1.29 is 10.0 Å². The second-order valence-electron chi connectivity index (χ2n) is 6.82. The summed E-state index contributed by atoms with van der Waals surface area (Å²) in [6.07, 6.45) is 0.262. The van der Waals surface area contributed by atoms with Gasteiger partial charge in [0.25, 0.3) is 11.2 Å². The zero-order valence-corrected chi connectivity index (χ0v) is 15.6. The van der Waals surface area contributed by atoms with E-state index in [9.17, 15) is 24.8 Å². The van der Waals surface area contributed by atoms with E-state index in [0.29, 0.717) is 5.71 Å². The third kappa shape index (κ3) is 3.58. The second kappa shape index (κ2) is 7.66. The summed E-state index contributed by atoms with van der Waals surface area (Å²) in [7, 11) is 0. The first-order valence-corrected chi connectivity index (χ1v) is 9.11. The van der Waals surface area contributed by atoms with Crippen LogP contribution in [-0.2, 0) is 6.54 Å². The molecular weight excluding hydrogens is 390 g/mol. The van der Waals surface area contributed by atoms with Crippen LogP contribution in [0.2, 0.25) is 0 Å². The predicted octanol–water partition coefficient (Wildman–Crippen LogP) is 1.64. The second-order valence-corrected chi connectivity index (χ2v) is 6.82. The fourth-order valence-electron chi connectivity index (χ4n) is 3.35. The Morgan fingerprint density at radius 2 is 1.83 bits per heavy atom. The van der Waals surface area contributed by atoms with E-state index in [-0.39, 0.29) is 30.3 Å². The minimum absolute atomic E-state index is 0.0278. The molecule has 1 aromatic heterocycles. The van der Waals surface area contributed by atoms with E-state index in [2.05, 4.69) is 15.5 Å². The zero-order chi connectivity index (χ0) is 21.3. The maximum atomic E-state index is 12.4. The lowest BCUT2D eigenvalue weighted by Gasteiger charge is -2.12. The quantitative estimate of drug-likeness (QED) is 0.433. The number of H-pyrrole nitrogens is 1. The molecule has 0 saturated carbocycles. The smallest absolute Gasteiger partial charge is 0.331 e. The Balaban J connectivity index is 1.63. The lowest BCUT2D eigenvalue weighted by atomic mass is 10.00. The summed E-state index contributed by atoms with van der Waals surface area (Å²) in [6, 6.07) is 14.7. The number of nitrogens with one attached hydrogen (secondary N) is 2. The summed E-state index contributed by atoms with van der Waals surface area (Å²) in [5, 5.41) is 25.7. The third-order valence-electron chi connectivity index (χ3n) is 4.90. The Kier molecular flexibility index (Phi) is 4.88. The first kappa shape index (κ1) is 19.1. The van der Waals surface area contributed by atoms with Crippen molar-refractivity contribution in [2.45, 2.75) is 19.0 Å². The molecule has 2 heterocycles. The van der Waals surface area contributed by atoms with Crippen LogP contribution in [0, 0.1) is 10.1 Å². The number of rotatable bonds is 5. The average molecular weight is 407 g/mol. The largest absolute Gasteiger partial charge is 0.494 e. The lowest BCUT2D eigenvalue weighted by Crippen LogP contribution is -2.34. The van der Waals surface area contributed by atoms with Crippen LogP contribution in [0.5, 0.6) is 5.88 Å². The summed E-state index contributed by atoms with van der Waals surface area (Å²) >= 11 is 0. The highest BCUT2D eigenvalue weighted by Gasteiger charge is 2.27. The van der Waals surface area contributed by atoms with Gasteiger partial charge in [-0.05, 0) is 11.1 Å². The van der Waals surface area contributed by atoms with E-state index in [1.165, 1.54) is 12.1 Å². The molecule has 0 saturated heterocycles. The van der Waals surface area contributed by atoms with Gasteiger partial charge in [0.15, 0.2) is 0 Å². The standard InChI is InChI=1S/C20H17N5O5/c26-18-17(19(27)24(20(28)21-18)11-12-4-2-1-3-5-12)16-10-15(22-23-16)13-6-8-14(9-7-13)25(29)30/h1-9,15,22,27H,10-11H2,(H,21,26,28). The molecule has 3 N–H and O–H groups in total. The van der Waals surface area contributed by atoms with Crippen molar-refractivity contribution in [1.82, 2.24) is 15.0 Å². The van der Waals surface area contributed by atoms with Gasteiger partial charge < -0.3 is 10.5 Å². The summed E-state index contributed by atoms with van der Waals surface area (Å²) in [4.78, 5) is 37.2. The third-order valence-corrected chi connectivity index (χ3v) is 4.90. The van der Waals surface area contributed by atoms with Crippen molar-refractivity contribution in [2.24, 2.45) is 5.10 Å². The number of non-ortho nitro benzene ring substituents is 1. The van der Waals surface area contributed by atoms with Gasteiger partial charge in [-0.3, -0.25) is 24.5 Å². The molecular formula is C20H17N5O5. The molecule has 152 valence electrons. The Bertz CT molecular complexity index is 1250. The van der Waals surface area contributed by atoms with Gasteiger partial charge in [-0.1, -0.05) is 42.5 Å². The van der Waals surface area contributed by atoms with E-state index >= 15 is 0 Å². The number of benzene rings is 2. The van der Waals surface area contributed by atoms with Gasteiger partial charge in [0.05, 0.1) is 23.2 Å². The Hall–Kier alpha value is -4.21. The molecule has 0 fully saturated rings. The van der Waals surface area contributed by atoms with Gasteiger partial charge in [0.2, 0.25) is 5.88 Å². The van der Waals surface area contributed by atoms with Crippen LogP contribution in [0.3, 0.4) is 0 Å². The summed E-state index contributed by atoms with van der Waals surface area (Å²) in [5.74, 6) is -0.461. The summed E-state index contributed by atoms with van der Waals surface area (Å²) < 4.78 is 1.08. The number of aromatic hydroxyl groups is 1. The van der Waals surface area contributed by atoms with Crippen LogP contribution >= 0.6 is 0 Å². The topological polar surface area (TPSA) is 143 Å². The van der Waals surface area contributed by atoms with Crippen LogP contribution in [0.4, 0.5) is 5.69 Å². The molecule has 0 amide bonds. The maximum Gasteiger partial charge on any atom is 0.331 e. The van der Waals surface area contributed by atoms with E-state index in [1.807, 2.05) is 18.2 Å². The van der Waals surface area contributed by atoms with Crippen molar-refractivity contribution >= 4 is 11.4 Å². The van der Waals surface area contributed by atoms with Crippen LogP contribution in [0.25, 0.3) is 0 Å². The molecule has 2 aromatic carbocycles. The number of hydrogen-bond donors (Lipinski definition) is 3.